The smallest absolute Gasteiger partial charge is 0.0992 e. The predicted molar refractivity (Wildman–Crippen MR) is 59.0 cm³/mol. The summed E-state index contributed by atoms with van der Waals surface area (Å²) in [7, 11) is 1.69. The van der Waals surface area contributed by atoms with Crippen molar-refractivity contribution >= 4 is 26.8 Å². The lowest BCUT2D eigenvalue weighted by Gasteiger charge is -2.05. The third-order valence-electron chi connectivity index (χ3n) is 1.99. The molecule has 1 unspecified atom stereocenters. The number of benzene rings is 1. The Labute approximate surface area is 96.1 Å². The van der Waals surface area contributed by atoms with E-state index in [2.05, 4.69) is 21.0 Å². The molecule has 0 bridgehead atoms. The van der Waals surface area contributed by atoms with Gasteiger partial charge in [0.2, 0.25) is 0 Å². The average molecular weight is 259 g/mol. The first kappa shape index (κ1) is 5.88. The third-order valence-corrected chi connectivity index (χ3v) is 2.68. The minimum atomic E-state index is -2.84. The first-order valence-corrected chi connectivity index (χ1v) is 4.78. The second-order valence-corrected chi connectivity index (χ2v) is 3.86. The van der Waals surface area contributed by atoms with Crippen molar-refractivity contribution in [3.8, 4) is 0 Å². The molecule has 1 aromatic heterocycles. The zero-order chi connectivity index (χ0) is 13.7. The van der Waals surface area contributed by atoms with Gasteiger partial charge in [0.25, 0.3) is 0 Å². The second-order valence-electron chi connectivity index (χ2n) is 3.01. The van der Waals surface area contributed by atoms with Crippen molar-refractivity contribution in [3.63, 3.8) is 0 Å². The molecule has 2 aromatic rings. The number of aliphatic hydroxyl groups is 1. The topological polar surface area (TPSA) is 38.0 Å². The fraction of sp³-hybridized carbons (Fsp3) is 0.300. The fourth-order valence-corrected chi connectivity index (χ4v) is 1.80. The molecular weight excluding hydrogens is 244 g/mol. The molecule has 74 valence electrons. The van der Waals surface area contributed by atoms with Gasteiger partial charge in [-0.15, -0.1) is 0 Å². The van der Waals surface area contributed by atoms with Gasteiger partial charge in [-0.25, -0.2) is 0 Å². The van der Waals surface area contributed by atoms with Gasteiger partial charge >= 0.3 is 0 Å². The number of aryl methyl sites for hydroxylation is 1. The van der Waals surface area contributed by atoms with Crippen LogP contribution in [0.15, 0.2) is 22.8 Å². The maximum absolute atomic E-state index is 9.96. The molecule has 0 saturated heterocycles. The lowest BCUT2D eigenvalue weighted by molar-refractivity contribution is 0.200. The van der Waals surface area contributed by atoms with Crippen LogP contribution >= 0.6 is 15.9 Å². The summed E-state index contributed by atoms with van der Waals surface area (Å²) in [4.78, 5) is 0. The molecule has 1 aromatic carbocycles. The molecule has 2 rings (SSSR count). The Morgan fingerprint density at radius 1 is 1.71 bits per heavy atom. The number of halogens is 1. The largest absolute Gasteiger partial charge is 0.389 e. The molecule has 0 radical (unpaired) electrons. The molecule has 0 aliphatic rings. The summed E-state index contributed by atoms with van der Waals surface area (Å²) in [5.41, 5.74) is 0.279. The van der Waals surface area contributed by atoms with Gasteiger partial charge in [0, 0.05) is 32.8 Å². The maximum atomic E-state index is 9.96. The Morgan fingerprint density at radius 2 is 2.50 bits per heavy atom. The number of rotatable bonds is 1. The first-order chi connectivity index (χ1) is 8.14. The monoisotopic (exact) mass is 258 g/mol. The molecule has 0 aliphatic carbocycles. The van der Waals surface area contributed by atoms with Crippen LogP contribution in [0, 0.1) is 0 Å². The average Bonchev–Trinajstić information content (AvgIpc) is 2.58. The van der Waals surface area contributed by atoms with Crippen LogP contribution in [0.1, 0.15) is 24.0 Å². The Kier molecular flexibility index (Phi) is 1.41. The molecule has 3 nitrogen and oxygen atoms in total. The minimum absolute atomic E-state index is 0.0266. The van der Waals surface area contributed by atoms with Crippen LogP contribution in [0.3, 0.4) is 0 Å². The van der Waals surface area contributed by atoms with E-state index in [4.69, 9.17) is 5.48 Å². The van der Waals surface area contributed by atoms with E-state index in [9.17, 15) is 5.11 Å². The summed E-state index contributed by atoms with van der Waals surface area (Å²) in [5, 5.41) is 14.7. The highest BCUT2D eigenvalue weighted by molar-refractivity contribution is 9.10. The minimum Gasteiger partial charge on any atom is -0.389 e. The summed E-state index contributed by atoms with van der Waals surface area (Å²) in [6.07, 6.45) is -0.987. The van der Waals surface area contributed by atoms with Gasteiger partial charge in [-0.05, 0) is 12.9 Å². The molecule has 1 N–H and O–H groups in total. The van der Waals surface area contributed by atoms with E-state index in [1.54, 1.807) is 19.3 Å². The van der Waals surface area contributed by atoms with Crippen molar-refractivity contribution in [3.05, 3.63) is 28.4 Å². The van der Waals surface area contributed by atoms with Crippen LogP contribution in [-0.2, 0) is 7.05 Å². The van der Waals surface area contributed by atoms with Crippen molar-refractivity contribution in [1.82, 2.24) is 9.78 Å². The summed E-state index contributed by atoms with van der Waals surface area (Å²) in [5.74, 6) is 0. The molecule has 0 amide bonds. The number of nitrogens with zero attached hydrogens (tertiary/aromatic N) is 2. The van der Waals surface area contributed by atoms with Crippen LogP contribution in [-0.4, -0.2) is 14.9 Å². The van der Waals surface area contributed by atoms with Gasteiger partial charge in [-0.2, -0.15) is 5.10 Å². The van der Waals surface area contributed by atoms with Crippen LogP contribution in [0.4, 0.5) is 0 Å². The van der Waals surface area contributed by atoms with Crippen molar-refractivity contribution in [2.45, 2.75) is 12.9 Å². The van der Waals surface area contributed by atoms with Crippen LogP contribution < -0.4 is 0 Å². The van der Waals surface area contributed by atoms with E-state index in [0.29, 0.717) is 10.9 Å². The highest BCUT2D eigenvalue weighted by atomic mass is 79.9. The quantitative estimate of drug-likeness (QED) is 0.853. The summed E-state index contributed by atoms with van der Waals surface area (Å²) >= 11 is 3.32. The van der Waals surface area contributed by atoms with E-state index >= 15 is 0 Å². The lowest BCUT2D eigenvalue weighted by Crippen LogP contribution is -1.93. The molecule has 14 heavy (non-hydrogen) atoms. The highest BCUT2D eigenvalue weighted by Crippen LogP contribution is 2.28. The number of hydrogen-bond acceptors (Lipinski definition) is 2. The van der Waals surface area contributed by atoms with Crippen LogP contribution in [0.2, 0.25) is 0 Å². The molecule has 1 atom stereocenters. The Balaban J connectivity index is 2.77. The van der Waals surface area contributed by atoms with Crippen LogP contribution in [0.5, 0.6) is 0 Å². The normalized spacial score (nSPS) is 20.8. The van der Waals surface area contributed by atoms with E-state index in [1.807, 2.05) is 0 Å². The molecule has 0 saturated carbocycles. The van der Waals surface area contributed by atoms with Crippen molar-refractivity contribution < 1.29 is 10.6 Å². The van der Waals surface area contributed by atoms with E-state index < -0.39 is 12.9 Å². The predicted octanol–water partition coefficient (Wildman–Crippen LogP) is 2.39. The molecule has 0 fully saturated rings. The van der Waals surface area contributed by atoms with Crippen LogP contribution in [0.25, 0.3) is 10.9 Å². The second kappa shape index (κ2) is 3.37. The molecule has 0 spiro atoms. The number of aromatic nitrogens is 2. The van der Waals surface area contributed by atoms with E-state index in [1.165, 1.54) is 10.7 Å². The highest BCUT2D eigenvalue weighted by Gasteiger charge is 2.11. The molecule has 4 heteroatoms. The number of fused-ring (bicyclic) bond motifs is 1. The van der Waals surface area contributed by atoms with Gasteiger partial charge < -0.3 is 5.11 Å². The molecule has 0 aliphatic heterocycles. The van der Waals surface area contributed by atoms with Gasteiger partial charge in [-0.3, -0.25) is 4.68 Å². The van der Waals surface area contributed by atoms with E-state index in [-0.39, 0.29) is 5.56 Å². The third kappa shape index (κ3) is 1.44. The van der Waals surface area contributed by atoms with Crippen molar-refractivity contribution in [1.29, 1.82) is 0 Å². The van der Waals surface area contributed by atoms with E-state index in [0.717, 1.165) is 4.47 Å². The van der Waals surface area contributed by atoms with Crippen molar-refractivity contribution in [2.24, 2.45) is 7.05 Å². The SMILES string of the molecule is [2H]C([2H])([2H])C([2H])(O)c1ccc(Br)c2cn(C)nc12. The maximum Gasteiger partial charge on any atom is 0.0992 e. The summed E-state index contributed by atoms with van der Waals surface area (Å²) in [6, 6.07) is 3.00. The zero-order valence-electron chi connectivity index (χ0n) is 11.5. The van der Waals surface area contributed by atoms with Gasteiger partial charge in [0.1, 0.15) is 0 Å². The molecule has 1 heterocycles. The van der Waals surface area contributed by atoms with Crippen molar-refractivity contribution in [2.75, 3.05) is 0 Å². The lowest BCUT2D eigenvalue weighted by atomic mass is 10.1. The van der Waals surface area contributed by atoms with Gasteiger partial charge in [-0.1, -0.05) is 22.0 Å². The fourth-order valence-electron chi connectivity index (χ4n) is 1.38. The van der Waals surface area contributed by atoms with Gasteiger partial charge in [0.15, 0.2) is 0 Å². The zero-order valence-corrected chi connectivity index (χ0v) is 9.04. The van der Waals surface area contributed by atoms with Gasteiger partial charge in [0.05, 0.1) is 13.0 Å². The Morgan fingerprint density at radius 3 is 3.21 bits per heavy atom. The number of hydrogen-bond donors (Lipinski definition) is 1. The Hall–Kier alpha value is -0.870. The Bertz CT molecular complexity index is 606. The summed E-state index contributed by atoms with van der Waals surface area (Å²) < 4.78 is 31.7. The standard InChI is InChI=1S/C10H11BrN2O/c1-6(14)7-3-4-9(11)8-5-13(2)12-10(7)8/h3-6,14H,1-2H3/i1D3,6D. The first-order valence-electron chi connectivity index (χ1n) is 5.99. The summed E-state index contributed by atoms with van der Waals surface area (Å²) in [6.45, 7) is -2.84. The molecular formula is C10H11BrN2O.